The summed E-state index contributed by atoms with van der Waals surface area (Å²) >= 11 is 0. The third-order valence-corrected chi connectivity index (χ3v) is 7.36. The number of nitrogens with zero attached hydrogens (tertiary/aromatic N) is 1. The van der Waals surface area contributed by atoms with E-state index in [2.05, 4.69) is 10.6 Å². The second-order valence-electron chi connectivity index (χ2n) is 9.06. The van der Waals surface area contributed by atoms with Crippen molar-refractivity contribution < 1.29 is 23.9 Å². The van der Waals surface area contributed by atoms with Crippen LogP contribution in [0, 0.1) is 17.7 Å². The van der Waals surface area contributed by atoms with Crippen molar-refractivity contribution in [1.29, 1.82) is 0 Å². The number of aliphatic hydroxyl groups is 1. The Morgan fingerprint density at radius 3 is 2.50 bits per heavy atom. The minimum absolute atomic E-state index is 0.179. The van der Waals surface area contributed by atoms with Crippen LogP contribution in [0.4, 0.5) is 10.1 Å². The van der Waals surface area contributed by atoms with E-state index in [0.717, 1.165) is 38.5 Å². The Kier molecular flexibility index (Phi) is 4.48. The number of hydrogen-bond donors (Lipinski definition) is 3. The van der Waals surface area contributed by atoms with Crippen LogP contribution in [0.15, 0.2) is 18.2 Å². The van der Waals surface area contributed by atoms with E-state index in [9.17, 15) is 23.9 Å². The van der Waals surface area contributed by atoms with Gasteiger partial charge in [-0.25, -0.2) is 4.39 Å². The number of halogens is 1. The number of aliphatic hydroxyl groups excluding tert-OH is 1. The molecule has 4 aliphatic rings. The smallest absolute Gasteiger partial charge is 0.250 e. The van der Waals surface area contributed by atoms with Crippen LogP contribution in [0.2, 0.25) is 0 Å². The molecule has 30 heavy (non-hydrogen) atoms. The molecule has 1 aromatic carbocycles. The highest BCUT2D eigenvalue weighted by molar-refractivity contribution is 6.15. The average molecular weight is 415 g/mol. The number of hydrogen-bond acceptors (Lipinski definition) is 5. The molecule has 0 bridgehead atoms. The fourth-order valence-electron chi connectivity index (χ4n) is 6.02. The summed E-state index contributed by atoms with van der Waals surface area (Å²) in [7, 11) is 0. The lowest BCUT2D eigenvalue weighted by atomic mass is 9.76. The number of rotatable bonds is 2. The lowest BCUT2D eigenvalue weighted by Crippen LogP contribution is -2.55. The van der Waals surface area contributed by atoms with Crippen molar-refractivity contribution in [3.63, 3.8) is 0 Å². The van der Waals surface area contributed by atoms with Crippen LogP contribution in [0.3, 0.4) is 0 Å². The molecular weight excluding hydrogens is 389 g/mol. The van der Waals surface area contributed by atoms with Crippen LogP contribution < -0.4 is 10.6 Å². The summed E-state index contributed by atoms with van der Waals surface area (Å²) in [5.41, 5.74) is -0.808. The van der Waals surface area contributed by atoms with Gasteiger partial charge in [0.1, 0.15) is 11.4 Å². The van der Waals surface area contributed by atoms with Gasteiger partial charge in [0, 0.05) is 23.3 Å². The minimum atomic E-state index is -1.56. The fourth-order valence-corrected chi connectivity index (χ4v) is 6.02. The van der Waals surface area contributed by atoms with Crippen LogP contribution in [0.5, 0.6) is 0 Å². The third kappa shape index (κ3) is 2.53. The van der Waals surface area contributed by atoms with Gasteiger partial charge in [0.2, 0.25) is 17.7 Å². The second kappa shape index (κ2) is 6.85. The van der Waals surface area contributed by atoms with E-state index in [1.165, 1.54) is 23.1 Å². The molecule has 160 valence electrons. The van der Waals surface area contributed by atoms with Gasteiger partial charge in [-0.1, -0.05) is 25.7 Å². The van der Waals surface area contributed by atoms with Crippen LogP contribution >= 0.6 is 0 Å². The van der Waals surface area contributed by atoms with Crippen molar-refractivity contribution >= 4 is 23.4 Å². The van der Waals surface area contributed by atoms with E-state index < -0.39 is 41.2 Å². The van der Waals surface area contributed by atoms with Crippen LogP contribution in [0.25, 0.3) is 0 Å². The van der Waals surface area contributed by atoms with Crippen molar-refractivity contribution in [3.8, 4) is 0 Å². The maximum atomic E-state index is 14.1. The van der Waals surface area contributed by atoms with Crippen molar-refractivity contribution in [3.05, 3.63) is 29.6 Å². The summed E-state index contributed by atoms with van der Waals surface area (Å²) in [5.74, 6) is -3.59. The zero-order chi connectivity index (χ0) is 21.2. The Labute approximate surface area is 174 Å². The highest BCUT2D eigenvalue weighted by Gasteiger charge is 2.71. The molecule has 0 unspecified atom stereocenters. The fraction of sp³-hybridized carbons (Fsp3) is 0.591. The van der Waals surface area contributed by atoms with Gasteiger partial charge < -0.3 is 10.4 Å². The SMILES string of the molecule is C[C@@H](O)[C@H]1N[C@]2(C(=O)Nc3ccc(F)cc32)[C@@H]2C(=O)N(C3CCCCCC3)C(=O)[C@H]12. The van der Waals surface area contributed by atoms with Gasteiger partial charge in [0.25, 0.3) is 0 Å². The Hall–Kier alpha value is -2.32. The number of nitrogens with one attached hydrogen (secondary N) is 2. The Bertz CT molecular complexity index is 927. The van der Waals surface area contributed by atoms with E-state index in [4.69, 9.17) is 0 Å². The van der Waals surface area contributed by atoms with Crippen LogP contribution in [0.1, 0.15) is 51.0 Å². The first-order valence-corrected chi connectivity index (χ1v) is 10.8. The van der Waals surface area contributed by atoms with E-state index in [1.807, 2.05) is 0 Å². The highest BCUT2D eigenvalue weighted by Crippen LogP contribution is 2.54. The van der Waals surface area contributed by atoms with Crippen molar-refractivity contribution in [2.24, 2.45) is 11.8 Å². The molecule has 1 aromatic rings. The Balaban J connectivity index is 1.63. The number of imide groups is 1. The quantitative estimate of drug-likeness (QED) is 0.504. The molecular formula is C22H26FN3O4. The molecule has 1 spiro atoms. The van der Waals surface area contributed by atoms with E-state index >= 15 is 0 Å². The number of benzene rings is 1. The van der Waals surface area contributed by atoms with Gasteiger partial charge in [0.15, 0.2) is 0 Å². The zero-order valence-electron chi connectivity index (χ0n) is 16.9. The van der Waals surface area contributed by atoms with Gasteiger partial charge in [-0.3, -0.25) is 24.6 Å². The number of amides is 3. The summed E-state index contributed by atoms with van der Waals surface area (Å²) in [6, 6.07) is 3.00. The molecule has 0 aromatic heterocycles. The molecule has 2 saturated heterocycles. The van der Waals surface area contributed by atoms with Crippen molar-refractivity contribution in [2.45, 2.75) is 69.2 Å². The monoisotopic (exact) mass is 415 g/mol. The Morgan fingerprint density at radius 2 is 1.83 bits per heavy atom. The molecule has 0 radical (unpaired) electrons. The van der Waals surface area contributed by atoms with E-state index in [0.29, 0.717) is 11.3 Å². The largest absolute Gasteiger partial charge is 0.392 e. The van der Waals surface area contributed by atoms with Gasteiger partial charge in [-0.15, -0.1) is 0 Å². The minimum Gasteiger partial charge on any atom is -0.392 e. The number of likely N-dealkylation sites (tertiary alicyclic amines) is 1. The lowest BCUT2D eigenvalue weighted by Gasteiger charge is -2.32. The van der Waals surface area contributed by atoms with Gasteiger partial charge in [0.05, 0.1) is 17.9 Å². The normalized spacial score (nSPS) is 34.8. The van der Waals surface area contributed by atoms with Crippen LogP contribution in [-0.4, -0.2) is 45.9 Å². The molecule has 5 atom stereocenters. The number of fused-ring (bicyclic) bond motifs is 4. The van der Waals surface area contributed by atoms with Crippen molar-refractivity contribution in [2.75, 3.05) is 5.32 Å². The number of anilines is 1. The maximum absolute atomic E-state index is 14.1. The highest BCUT2D eigenvalue weighted by atomic mass is 19.1. The molecule has 1 saturated carbocycles. The predicted molar refractivity (Wildman–Crippen MR) is 106 cm³/mol. The lowest BCUT2D eigenvalue weighted by molar-refractivity contribution is -0.146. The van der Waals surface area contributed by atoms with E-state index in [1.54, 1.807) is 6.92 Å². The third-order valence-electron chi connectivity index (χ3n) is 7.36. The maximum Gasteiger partial charge on any atom is 0.250 e. The Morgan fingerprint density at radius 1 is 1.13 bits per heavy atom. The molecule has 3 N–H and O–H groups in total. The second-order valence-corrected chi connectivity index (χ2v) is 9.06. The first kappa shape index (κ1) is 19.6. The molecule has 8 heteroatoms. The molecule has 3 amide bonds. The molecule has 3 heterocycles. The molecule has 1 aliphatic carbocycles. The standard InChI is InChI=1S/C22H26FN3O4/c1-11(27)18-16-17(20(29)26(19(16)28)13-6-4-2-3-5-7-13)22(25-18)14-10-12(23)8-9-15(14)24-21(22)30/h8-11,13,16-18,25,27H,2-7H2,1H3,(H,24,30)/t11-,16+,17+,18-,22+/m1/s1. The number of carbonyl (C=O) groups is 3. The van der Waals surface area contributed by atoms with Gasteiger partial charge >= 0.3 is 0 Å². The molecule has 3 fully saturated rings. The van der Waals surface area contributed by atoms with Crippen molar-refractivity contribution in [1.82, 2.24) is 10.2 Å². The molecule has 7 nitrogen and oxygen atoms in total. The van der Waals surface area contributed by atoms with Gasteiger partial charge in [-0.05, 0) is 38.0 Å². The number of carbonyl (C=O) groups excluding carboxylic acids is 3. The van der Waals surface area contributed by atoms with Crippen LogP contribution in [-0.2, 0) is 19.9 Å². The summed E-state index contributed by atoms with van der Waals surface area (Å²) in [4.78, 5) is 41.8. The van der Waals surface area contributed by atoms with Gasteiger partial charge in [-0.2, -0.15) is 0 Å². The summed E-state index contributed by atoms with van der Waals surface area (Å²) in [6.07, 6.45) is 4.62. The first-order valence-electron chi connectivity index (χ1n) is 10.8. The summed E-state index contributed by atoms with van der Waals surface area (Å²) < 4.78 is 14.1. The summed E-state index contributed by atoms with van der Waals surface area (Å²) in [5, 5.41) is 16.3. The molecule has 3 aliphatic heterocycles. The van der Waals surface area contributed by atoms with E-state index in [-0.39, 0.29) is 17.9 Å². The topological polar surface area (TPSA) is 98.7 Å². The average Bonchev–Trinajstić information content (AvgIpc) is 3.18. The first-order chi connectivity index (χ1) is 14.4. The molecule has 5 rings (SSSR count). The zero-order valence-corrected chi connectivity index (χ0v) is 16.9. The predicted octanol–water partition coefficient (Wildman–Crippen LogP) is 1.65. The summed E-state index contributed by atoms with van der Waals surface area (Å²) in [6.45, 7) is 1.54.